The number of nitrogens with zero attached hydrogens (tertiary/aromatic N) is 5. The molecule has 0 radical (unpaired) electrons. The Morgan fingerprint density at radius 1 is 0.750 bits per heavy atom. The van der Waals surface area contributed by atoms with Gasteiger partial charge in [0.2, 0.25) is 11.8 Å². The minimum atomic E-state index is -0.925. The number of carbonyl (C=O) groups is 4. The van der Waals surface area contributed by atoms with E-state index in [-0.39, 0.29) is 29.8 Å². The van der Waals surface area contributed by atoms with Crippen molar-refractivity contribution in [2.75, 3.05) is 34.4 Å². The van der Waals surface area contributed by atoms with E-state index in [9.17, 15) is 19.2 Å². The standard InChI is InChI=1S/C43H50FN9O7/c1-23(2)36(50-42(56)59-5)40(54)52-17-7-10-35(52)39-46-22-33(49-39)28-14-11-27(20-29(28)44)31-15-12-25-19-26(13-16-30(25)47-31)32-21-45-38(48-32)34-9-8-18-53(34)41(55)37(24(3)58-4)51-43(57)60-6/h11-16,19-24,34-37H,7-10,17-18H2,1-6H3,(H,45,48)(H,46,49)(H,50,56)(H,51,57)/t24-,34+,35+,36+,37+/m1/s1. The Bertz CT molecular complexity index is 2380. The molecule has 5 heterocycles. The molecule has 316 valence electrons. The minimum absolute atomic E-state index is 0.164. The fraction of sp³-hybridized carbons (Fsp3) is 0.419. The molecule has 2 aliphatic heterocycles. The highest BCUT2D eigenvalue weighted by Crippen LogP contribution is 2.36. The Balaban J connectivity index is 1.05. The van der Waals surface area contributed by atoms with Gasteiger partial charge in [0.15, 0.2) is 0 Å². The van der Waals surface area contributed by atoms with Crippen LogP contribution in [0.25, 0.3) is 44.7 Å². The molecular weight excluding hydrogens is 774 g/mol. The Kier molecular flexibility index (Phi) is 12.4. The van der Waals surface area contributed by atoms with E-state index >= 15 is 4.39 Å². The maximum Gasteiger partial charge on any atom is 0.407 e. The molecule has 17 heteroatoms. The summed E-state index contributed by atoms with van der Waals surface area (Å²) in [5, 5.41) is 6.13. The van der Waals surface area contributed by atoms with E-state index in [0.29, 0.717) is 60.1 Å². The maximum atomic E-state index is 15.8. The number of pyridine rings is 1. The number of aromatic amines is 2. The Labute approximate surface area is 346 Å². The molecule has 2 aliphatic rings. The third-order valence-corrected chi connectivity index (χ3v) is 11.4. The zero-order chi connectivity index (χ0) is 42.7. The maximum absolute atomic E-state index is 15.8. The largest absolute Gasteiger partial charge is 0.453 e. The number of benzene rings is 2. The lowest BCUT2D eigenvalue weighted by atomic mass is 10.0. The monoisotopic (exact) mass is 823 g/mol. The molecule has 0 spiro atoms. The van der Waals surface area contributed by atoms with Crippen molar-refractivity contribution in [3.63, 3.8) is 0 Å². The number of methoxy groups -OCH3 is 3. The highest BCUT2D eigenvalue weighted by Gasteiger charge is 2.39. The molecule has 5 atom stereocenters. The summed E-state index contributed by atoms with van der Waals surface area (Å²) in [6, 6.07) is 12.2. The fourth-order valence-corrected chi connectivity index (χ4v) is 8.03. The van der Waals surface area contributed by atoms with Gasteiger partial charge in [0.05, 0.1) is 67.4 Å². The van der Waals surface area contributed by atoms with Crippen molar-refractivity contribution in [3.8, 4) is 33.8 Å². The molecule has 0 unspecified atom stereocenters. The van der Waals surface area contributed by atoms with Gasteiger partial charge in [-0.05, 0) is 68.9 Å². The first-order chi connectivity index (χ1) is 28.9. The van der Waals surface area contributed by atoms with Crippen molar-refractivity contribution in [1.82, 2.24) is 45.4 Å². The number of hydrogen-bond acceptors (Lipinski definition) is 10. The molecule has 7 rings (SSSR count). The van der Waals surface area contributed by atoms with Crippen LogP contribution in [0, 0.1) is 11.7 Å². The molecule has 2 aromatic carbocycles. The first kappa shape index (κ1) is 41.8. The van der Waals surface area contributed by atoms with E-state index in [1.807, 2.05) is 50.2 Å². The SMILES string of the molecule is COC(=O)N[C@H](C(=O)N1CCC[C@H]1c1ncc(-c2ccc(-c3ccc4cc(-c5cnc([C@@H]6CCCN6C(=O)[C@@H](NC(=O)OC)[C@@H](C)OC)[nH]5)ccc4n3)cc2F)[nH]1)C(C)C. The van der Waals surface area contributed by atoms with E-state index in [0.717, 1.165) is 35.0 Å². The summed E-state index contributed by atoms with van der Waals surface area (Å²) >= 11 is 0. The second-order valence-corrected chi connectivity index (χ2v) is 15.5. The van der Waals surface area contributed by atoms with Crippen molar-refractivity contribution in [2.24, 2.45) is 5.92 Å². The van der Waals surface area contributed by atoms with Gasteiger partial charge in [-0.2, -0.15) is 0 Å². The molecular formula is C43H50FN9O7. The minimum Gasteiger partial charge on any atom is -0.453 e. The van der Waals surface area contributed by atoms with Crippen molar-refractivity contribution in [1.29, 1.82) is 0 Å². The molecule has 4 amide bonds. The lowest BCUT2D eigenvalue weighted by Gasteiger charge is -2.30. The first-order valence-corrected chi connectivity index (χ1v) is 20.0. The quantitative estimate of drug-likeness (QED) is 0.111. The number of fused-ring (bicyclic) bond motifs is 1. The van der Waals surface area contributed by atoms with Crippen molar-refractivity contribution >= 4 is 34.9 Å². The van der Waals surface area contributed by atoms with Gasteiger partial charge in [-0.25, -0.2) is 28.9 Å². The van der Waals surface area contributed by atoms with E-state index in [4.69, 9.17) is 19.2 Å². The van der Waals surface area contributed by atoms with Gasteiger partial charge in [-0.1, -0.05) is 32.0 Å². The predicted molar refractivity (Wildman–Crippen MR) is 220 cm³/mol. The summed E-state index contributed by atoms with van der Waals surface area (Å²) in [6.45, 7) is 6.45. The number of amides is 4. The lowest BCUT2D eigenvalue weighted by molar-refractivity contribution is -0.137. The second kappa shape index (κ2) is 17.9. The van der Waals surface area contributed by atoms with E-state index in [1.165, 1.54) is 27.4 Å². The number of halogens is 1. The number of carbonyl (C=O) groups excluding carboxylic acids is 4. The normalized spacial score (nSPS) is 18.1. The van der Waals surface area contributed by atoms with Crippen LogP contribution in [-0.4, -0.2) is 111 Å². The smallest absolute Gasteiger partial charge is 0.407 e. The van der Waals surface area contributed by atoms with Gasteiger partial charge in [-0.15, -0.1) is 0 Å². The molecule has 2 fully saturated rings. The number of likely N-dealkylation sites (tertiary alicyclic amines) is 2. The average molecular weight is 824 g/mol. The third-order valence-electron chi connectivity index (χ3n) is 11.4. The predicted octanol–water partition coefficient (Wildman–Crippen LogP) is 6.29. The summed E-state index contributed by atoms with van der Waals surface area (Å²) in [5.74, 6) is 0.0746. The zero-order valence-electron chi connectivity index (χ0n) is 34.5. The third kappa shape index (κ3) is 8.52. The Morgan fingerprint density at radius 2 is 1.33 bits per heavy atom. The lowest BCUT2D eigenvalue weighted by Crippen LogP contribution is -2.54. The molecule has 0 aliphatic carbocycles. The van der Waals surface area contributed by atoms with Crippen LogP contribution in [-0.2, 0) is 23.8 Å². The van der Waals surface area contributed by atoms with E-state index in [1.54, 1.807) is 35.2 Å². The molecule has 2 saturated heterocycles. The van der Waals surface area contributed by atoms with E-state index in [2.05, 4.69) is 30.6 Å². The number of H-pyrrole nitrogens is 2. The van der Waals surface area contributed by atoms with Gasteiger partial charge in [0.25, 0.3) is 0 Å². The van der Waals surface area contributed by atoms with Gasteiger partial charge in [-0.3, -0.25) is 9.59 Å². The molecule has 16 nitrogen and oxygen atoms in total. The number of imidazole rings is 2. The van der Waals surface area contributed by atoms with Crippen molar-refractivity contribution < 1.29 is 37.8 Å². The summed E-state index contributed by atoms with van der Waals surface area (Å²) in [4.78, 5) is 75.3. The summed E-state index contributed by atoms with van der Waals surface area (Å²) in [7, 11) is 3.98. The highest BCUT2D eigenvalue weighted by molar-refractivity contribution is 5.88. The van der Waals surface area contributed by atoms with Gasteiger partial charge < -0.3 is 44.6 Å². The summed E-state index contributed by atoms with van der Waals surface area (Å²) in [5.41, 5.74) is 4.38. The Hall–Kier alpha value is -6.36. The van der Waals surface area contributed by atoms with Crippen molar-refractivity contribution in [3.05, 3.63) is 78.4 Å². The molecule has 0 bridgehead atoms. The van der Waals surface area contributed by atoms with Crippen molar-refractivity contribution in [2.45, 2.75) is 76.7 Å². The van der Waals surface area contributed by atoms with E-state index < -0.39 is 36.2 Å². The van der Waals surface area contributed by atoms with Crippen LogP contribution in [0.3, 0.4) is 0 Å². The first-order valence-electron chi connectivity index (χ1n) is 20.0. The number of rotatable bonds is 12. The van der Waals surface area contributed by atoms with Gasteiger partial charge >= 0.3 is 12.2 Å². The Morgan fingerprint density at radius 3 is 1.93 bits per heavy atom. The van der Waals surface area contributed by atoms with Gasteiger partial charge in [0.1, 0.15) is 29.5 Å². The molecule has 5 aromatic rings. The molecule has 0 saturated carbocycles. The molecule has 4 N–H and O–H groups in total. The van der Waals surface area contributed by atoms with Crippen LogP contribution in [0.5, 0.6) is 0 Å². The topological polar surface area (TPSA) is 197 Å². The van der Waals surface area contributed by atoms with Crippen LogP contribution in [0.1, 0.15) is 70.2 Å². The average Bonchev–Trinajstić information content (AvgIpc) is 4.10. The second-order valence-electron chi connectivity index (χ2n) is 15.5. The van der Waals surface area contributed by atoms with Crippen LogP contribution in [0.2, 0.25) is 0 Å². The van der Waals surface area contributed by atoms with Crippen LogP contribution < -0.4 is 10.6 Å². The van der Waals surface area contributed by atoms with Crippen LogP contribution in [0.4, 0.5) is 14.0 Å². The number of aromatic nitrogens is 5. The number of alkyl carbamates (subject to hydrolysis) is 2. The zero-order valence-corrected chi connectivity index (χ0v) is 34.5. The number of hydrogen-bond donors (Lipinski definition) is 4. The highest BCUT2D eigenvalue weighted by atomic mass is 19.1. The number of nitrogens with one attached hydrogen (secondary N) is 4. The number of ether oxygens (including phenoxy) is 3. The summed E-state index contributed by atoms with van der Waals surface area (Å²) < 4.78 is 30.7. The van der Waals surface area contributed by atoms with Crippen LogP contribution in [0.15, 0.2) is 60.9 Å². The van der Waals surface area contributed by atoms with Crippen LogP contribution >= 0.6 is 0 Å². The molecule has 60 heavy (non-hydrogen) atoms. The van der Waals surface area contributed by atoms with Gasteiger partial charge in [0, 0.05) is 42.3 Å². The summed E-state index contributed by atoms with van der Waals surface area (Å²) in [6.07, 6.45) is 4.28. The fourth-order valence-electron chi connectivity index (χ4n) is 8.03. The molecule has 3 aromatic heterocycles.